The van der Waals surface area contributed by atoms with E-state index >= 15 is 0 Å². The summed E-state index contributed by atoms with van der Waals surface area (Å²) in [5.74, 6) is 1.85. The van der Waals surface area contributed by atoms with Gasteiger partial charge >= 0.3 is 0 Å². The number of aliphatic imine (C=N–C) groups is 1. The molecule has 0 saturated carbocycles. The highest BCUT2D eigenvalue weighted by atomic mass is 16.5. The average molecular weight is 409 g/mol. The molecule has 2 aromatic carbocycles. The third-order valence-electron chi connectivity index (χ3n) is 5.19. The summed E-state index contributed by atoms with van der Waals surface area (Å²) in [7, 11) is 0. The average Bonchev–Trinajstić information content (AvgIpc) is 2.76. The van der Waals surface area contributed by atoms with E-state index in [-0.39, 0.29) is 5.91 Å². The Bertz CT molecular complexity index is 838. The lowest BCUT2D eigenvalue weighted by Crippen LogP contribution is -2.47. The van der Waals surface area contributed by atoms with Gasteiger partial charge in [0.1, 0.15) is 12.4 Å². The van der Waals surface area contributed by atoms with E-state index in [4.69, 9.17) is 15.5 Å². The first-order chi connectivity index (χ1) is 14.6. The summed E-state index contributed by atoms with van der Waals surface area (Å²) in [6.45, 7) is 5.77. The summed E-state index contributed by atoms with van der Waals surface area (Å²) in [6.07, 6.45) is 2.54. The summed E-state index contributed by atoms with van der Waals surface area (Å²) >= 11 is 0. The van der Waals surface area contributed by atoms with Crippen LogP contribution in [0.2, 0.25) is 0 Å². The molecule has 0 aliphatic carbocycles. The molecule has 1 saturated heterocycles. The summed E-state index contributed by atoms with van der Waals surface area (Å²) in [6, 6.07) is 18.2. The number of ether oxygens (including phenoxy) is 1. The third kappa shape index (κ3) is 6.79. The van der Waals surface area contributed by atoms with Crippen LogP contribution < -0.4 is 15.8 Å². The molecular weight excluding hydrogens is 376 g/mol. The monoisotopic (exact) mass is 408 g/mol. The predicted octanol–water partition coefficient (Wildman–Crippen LogP) is 3.32. The van der Waals surface area contributed by atoms with Gasteiger partial charge in [0, 0.05) is 26.1 Å². The molecular formula is C24H32N4O2. The van der Waals surface area contributed by atoms with Crippen molar-refractivity contribution in [3.8, 4) is 5.75 Å². The lowest BCUT2D eigenvalue weighted by Gasteiger charge is -2.34. The van der Waals surface area contributed by atoms with E-state index in [0.717, 1.165) is 55.3 Å². The number of nitrogens with zero attached hydrogens (tertiary/aromatic N) is 2. The molecule has 0 bridgehead atoms. The Labute approximate surface area is 179 Å². The van der Waals surface area contributed by atoms with Gasteiger partial charge in [-0.05, 0) is 48.9 Å². The Morgan fingerprint density at radius 2 is 2.00 bits per heavy atom. The van der Waals surface area contributed by atoms with Crippen LogP contribution in [0.4, 0.5) is 0 Å². The number of rotatable bonds is 8. The van der Waals surface area contributed by atoms with Gasteiger partial charge < -0.3 is 20.7 Å². The van der Waals surface area contributed by atoms with E-state index in [1.54, 1.807) is 0 Å². The minimum atomic E-state index is -0.224. The molecule has 1 amide bonds. The molecule has 0 spiro atoms. The van der Waals surface area contributed by atoms with Gasteiger partial charge in [-0.3, -0.25) is 4.79 Å². The number of hydrogen-bond donors (Lipinski definition) is 2. The normalized spacial score (nSPS) is 16.9. The molecule has 160 valence electrons. The fraction of sp³-hybridized carbons (Fsp3) is 0.417. The minimum Gasteiger partial charge on any atom is -0.489 e. The Balaban J connectivity index is 1.62. The van der Waals surface area contributed by atoms with E-state index in [0.29, 0.717) is 25.5 Å². The molecule has 1 aliphatic heterocycles. The van der Waals surface area contributed by atoms with Crippen LogP contribution in [0.3, 0.4) is 0 Å². The van der Waals surface area contributed by atoms with E-state index in [9.17, 15) is 4.79 Å². The van der Waals surface area contributed by atoms with Crippen molar-refractivity contribution >= 4 is 11.9 Å². The van der Waals surface area contributed by atoms with E-state index in [1.165, 1.54) is 0 Å². The zero-order valence-electron chi connectivity index (χ0n) is 17.7. The SMILES string of the molecule is CCNC(=NCc1cccc(COc2ccccc2)c1)N1CCCC(CC(N)=O)C1. The molecule has 6 nitrogen and oxygen atoms in total. The molecule has 30 heavy (non-hydrogen) atoms. The van der Waals surface area contributed by atoms with Crippen molar-refractivity contribution in [2.24, 2.45) is 16.6 Å². The molecule has 1 aliphatic rings. The molecule has 2 aromatic rings. The second kappa shape index (κ2) is 11.2. The molecule has 1 fully saturated rings. The lowest BCUT2D eigenvalue weighted by atomic mass is 9.95. The van der Waals surface area contributed by atoms with Crippen molar-refractivity contribution in [2.45, 2.75) is 39.3 Å². The van der Waals surface area contributed by atoms with Crippen molar-refractivity contribution in [1.29, 1.82) is 0 Å². The lowest BCUT2D eigenvalue weighted by molar-refractivity contribution is -0.119. The highest BCUT2D eigenvalue weighted by Gasteiger charge is 2.23. The van der Waals surface area contributed by atoms with Crippen LogP contribution in [0, 0.1) is 5.92 Å². The van der Waals surface area contributed by atoms with Crippen LogP contribution in [-0.4, -0.2) is 36.4 Å². The number of amides is 1. The van der Waals surface area contributed by atoms with Crippen LogP contribution >= 0.6 is 0 Å². The van der Waals surface area contributed by atoms with Crippen molar-refractivity contribution in [2.75, 3.05) is 19.6 Å². The van der Waals surface area contributed by atoms with E-state index in [1.807, 2.05) is 36.4 Å². The van der Waals surface area contributed by atoms with E-state index < -0.39 is 0 Å². The first kappa shape index (κ1) is 21.7. The van der Waals surface area contributed by atoms with Crippen LogP contribution in [0.5, 0.6) is 5.75 Å². The number of para-hydroxylation sites is 1. The van der Waals surface area contributed by atoms with Gasteiger partial charge in [0.05, 0.1) is 6.54 Å². The largest absolute Gasteiger partial charge is 0.489 e. The maximum absolute atomic E-state index is 11.3. The van der Waals surface area contributed by atoms with Gasteiger partial charge in [-0.15, -0.1) is 0 Å². The number of guanidine groups is 1. The zero-order chi connectivity index (χ0) is 21.2. The standard InChI is InChI=1S/C24H32N4O2/c1-2-26-24(28-13-7-10-20(17-28)15-23(25)29)27-16-19-8-6-9-21(14-19)18-30-22-11-4-3-5-12-22/h3-6,8-9,11-12,14,20H,2,7,10,13,15-18H2,1H3,(H2,25,29)(H,26,27). The minimum absolute atomic E-state index is 0.224. The fourth-order valence-electron chi connectivity index (χ4n) is 3.80. The van der Waals surface area contributed by atoms with Gasteiger partial charge in [0.2, 0.25) is 5.91 Å². The summed E-state index contributed by atoms with van der Waals surface area (Å²) < 4.78 is 5.86. The van der Waals surface area contributed by atoms with Crippen LogP contribution in [0.1, 0.15) is 37.3 Å². The summed E-state index contributed by atoms with van der Waals surface area (Å²) in [4.78, 5) is 18.4. The Hall–Kier alpha value is -3.02. The molecule has 0 radical (unpaired) electrons. The van der Waals surface area contributed by atoms with Crippen LogP contribution in [-0.2, 0) is 17.9 Å². The number of nitrogens with two attached hydrogens (primary N) is 1. The van der Waals surface area contributed by atoms with Crippen LogP contribution in [0.25, 0.3) is 0 Å². The van der Waals surface area contributed by atoms with Crippen molar-refractivity contribution in [1.82, 2.24) is 10.2 Å². The predicted molar refractivity (Wildman–Crippen MR) is 120 cm³/mol. The number of primary amides is 1. The number of piperidine rings is 1. The number of nitrogens with one attached hydrogen (secondary N) is 1. The van der Waals surface area contributed by atoms with Crippen molar-refractivity contribution in [3.63, 3.8) is 0 Å². The van der Waals surface area contributed by atoms with Crippen molar-refractivity contribution < 1.29 is 9.53 Å². The number of likely N-dealkylation sites (tertiary alicyclic amines) is 1. The molecule has 1 heterocycles. The Morgan fingerprint density at radius 1 is 1.20 bits per heavy atom. The highest BCUT2D eigenvalue weighted by molar-refractivity contribution is 5.80. The quantitative estimate of drug-likeness (QED) is 0.519. The molecule has 0 aromatic heterocycles. The molecule has 3 N–H and O–H groups in total. The zero-order valence-corrected chi connectivity index (χ0v) is 17.7. The van der Waals surface area contributed by atoms with Gasteiger partial charge in [0.15, 0.2) is 5.96 Å². The highest BCUT2D eigenvalue weighted by Crippen LogP contribution is 2.20. The second-order valence-corrected chi connectivity index (χ2v) is 7.72. The number of carbonyl (C=O) groups excluding carboxylic acids is 1. The second-order valence-electron chi connectivity index (χ2n) is 7.72. The molecule has 6 heteroatoms. The molecule has 1 unspecified atom stereocenters. The number of carbonyl (C=O) groups is 1. The first-order valence-electron chi connectivity index (χ1n) is 10.7. The van der Waals surface area contributed by atoms with Gasteiger partial charge in [-0.25, -0.2) is 4.99 Å². The topological polar surface area (TPSA) is 80.0 Å². The molecule has 3 rings (SSSR count). The first-order valence-corrected chi connectivity index (χ1v) is 10.7. The summed E-state index contributed by atoms with van der Waals surface area (Å²) in [5.41, 5.74) is 7.67. The van der Waals surface area contributed by atoms with Gasteiger partial charge in [0.25, 0.3) is 0 Å². The molecule has 1 atom stereocenters. The number of hydrogen-bond acceptors (Lipinski definition) is 3. The van der Waals surface area contributed by atoms with Gasteiger partial charge in [-0.1, -0.05) is 42.5 Å². The van der Waals surface area contributed by atoms with Gasteiger partial charge in [-0.2, -0.15) is 0 Å². The van der Waals surface area contributed by atoms with Crippen LogP contribution in [0.15, 0.2) is 59.6 Å². The third-order valence-corrected chi connectivity index (χ3v) is 5.19. The summed E-state index contributed by atoms with van der Waals surface area (Å²) in [5, 5.41) is 3.39. The Morgan fingerprint density at radius 3 is 2.77 bits per heavy atom. The van der Waals surface area contributed by atoms with Crippen molar-refractivity contribution in [3.05, 3.63) is 65.7 Å². The maximum atomic E-state index is 11.3. The fourth-order valence-corrected chi connectivity index (χ4v) is 3.80. The smallest absolute Gasteiger partial charge is 0.217 e. The van der Waals surface area contributed by atoms with E-state index in [2.05, 4.69) is 35.3 Å². The number of benzene rings is 2. The maximum Gasteiger partial charge on any atom is 0.217 e. The Kier molecular flexibility index (Phi) is 8.12.